The Morgan fingerprint density at radius 3 is 2.03 bits per heavy atom. The highest BCUT2D eigenvalue weighted by Crippen LogP contribution is 2.34. The van der Waals surface area contributed by atoms with Gasteiger partial charge in [-0.25, -0.2) is 0 Å². The summed E-state index contributed by atoms with van der Waals surface area (Å²) >= 11 is 0. The first-order valence-electron chi connectivity index (χ1n) is 12.2. The number of para-hydroxylation sites is 1. The van der Waals surface area contributed by atoms with Crippen molar-refractivity contribution < 1.29 is 4.42 Å². The van der Waals surface area contributed by atoms with Crippen molar-refractivity contribution in [1.82, 2.24) is 0 Å². The molecule has 0 saturated heterocycles. The van der Waals surface area contributed by atoms with E-state index in [1.807, 2.05) is 18.2 Å². The molecule has 0 aliphatic rings. The van der Waals surface area contributed by atoms with Crippen molar-refractivity contribution in [3.8, 4) is 22.3 Å². The van der Waals surface area contributed by atoms with Gasteiger partial charge in [-0.05, 0) is 69.4 Å². The third kappa shape index (κ3) is 3.60. The first-order valence-corrected chi connectivity index (χ1v) is 12.2. The van der Waals surface area contributed by atoms with E-state index in [9.17, 15) is 0 Å². The smallest absolute Gasteiger partial charge is 0.137 e. The predicted molar refractivity (Wildman–Crippen MR) is 152 cm³/mol. The topological polar surface area (TPSA) is 25.2 Å². The van der Waals surface area contributed by atoms with Crippen molar-refractivity contribution in [3.63, 3.8) is 0 Å². The number of fused-ring (bicyclic) bond motifs is 4. The number of hydrogen-bond donors (Lipinski definition) is 1. The van der Waals surface area contributed by atoms with E-state index in [1.165, 1.54) is 33.0 Å². The molecule has 0 unspecified atom stereocenters. The zero-order valence-corrected chi connectivity index (χ0v) is 19.6. The summed E-state index contributed by atoms with van der Waals surface area (Å²) in [6.07, 6.45) is 0. The van der Waals surface area contributed by atoms with Gasteiger partial charge in [0.15, 0.2) is 0 Å². The summed E-state index contributed by atoms with van der Waals surface area (Å²) in [7, 11) is 0. The third-order valence-corrected chi connectivity index (χ3v) is 6.83. The van der Waals surface area contributed by atoms with Gasteiger partial charge in [-0.2, -0.15) is 0 Å². The fourth-order valence-electron chi connectivity index (χ4n) is 5.09. The summed E-state index contributed by atoms with van der Waals surface area (Å²) in [4.78, 5) is 0. The maximum atomic E-state index is 6.07. The number of anilines is 2. The van der Waals surface area contributed by atoms with Gasteiger partial charge in [0.05, 0.1) is 0 Å². The summed E-state index contributed by atoms with van der Waals surface area (Å²) in [5.74, 6) is 0. The van der Waals surface area contributed by atoms with Gasteiger partial charge in [-0.3, -0.25) is 0 Å². The second-order valence-electron chi connectivity index (χ2n) is 9.12. The number of benzene rings is 6. The molecule has 36 heavy (non-hydrogen) atoms. The van der Waals surface area contributed by atoms with Crippen molar-refractivity contribution >= 4 is 44.1 Å². The number of nitrogens with one attached hydrogen (secondary N) is 1. The maximum absolute atomic E-state index is 6.07. The van der Waals surface area contributed by atoms with Crippen LogP contribution < -0.4 is 5.32 Å². The highest BCUT2D eigenvalue weighted by molar-refractivity contribution is 6.05. The predicted octanol–water partition coefficient (Wildman–Crippen LogP) is 9.82. The molecule has 6 aromatic carbocycles. The van der Waals surface area contributed by atoms with E-state index in [0.717, 1.165) is 33.3 Å². The molecule has 0 saturated carbocycles. The highest BCUT2D eigenvalue weighted by atomic mass is 16.3. The van der Waals surface area contributed by atoms with Crippen LogP contribution in [0.2, 0.25) is 0 Å². The molecular weight excluding hydrogens is 438 g/mol. The molecule has 0 amide bonds. The zero-order valence-electron chi connectivity index (χ0n) is 19.6. The first kappa shape index (κ1) is 20.5. The van der Waals surface area contributed by atoms with Crippen LogP contribution in [0.25, 0.3) is 55.0 Å². The SMILES string of the molecule is c1cc(Nc2ccc3c(c2)oc2ccccc23)cc(-c2cccc(-c3cccc4ccccc34)c2)c1. The first-order chi connectivity index (χ1) is 17.8. The second kappa shape index (κ2) is 8.44. The van der Waals surface area contributed by atoms with Crippen LogP contribution >= 0.6 is 0 Å². The van der Waals surface area contributed by atoms with Gasteiger partial charge < -0.3 is 9.73 Å². The zero-order chi connectivity index (χ0) is 23.9. The van der Waals surface area contributed by atoms with Gasteiger partial charge in [0.1, 0.15) is 11.2 Å². The molecule has 0 aliphatic carbocycles. The molecule has 1 heterocycles. The van der Waals surface area contributed by atoms with Crippen LogP contribution in [0.1, 0.15) is 0 Å². The quantitative estimate of drug-likeness (QED) is 0.282. The van der Waals surface area contributed by atoms with E-state index >= 15 is 0 Å². The Morgan fingerprint density at radius 1 is 0.417 bits per heavy atom. The second-order valence-corrected chi connectivity index (χ2v) is 9.12. The summed E-state index contributed by atoms with van der Waals surface area (Å²) in [6, 6.07) is 46.9. The van der Waals surface area contributed by atoms with Gasteiger partial charge in [0.25, 0.3) is 0 Å². The average molecular weight is 462 g/mol. The fraction of sp³-hybridized carbons (Fsp3) is 0. The highest BCUT2D eigenvalue weighted by Gasteiger charge is 2.09. The van der Waals surface area contributed by atoms with Gasteiger partial charge in [-0.15, -0.1) is 0 Å². The molecular formula is C34H23NO. The van der Waals surface area contributed by atoms with Gasteiger partial charge in [0.2, 0.25) is 0 Å². The molecule has 7 rings (SSSR count). The van der Waals surface area contributed by atoms with E-state index < -0.39 is 0 Å². The van der Waals surface area contributed by atoms with Crippen LogP contribution in [0, 0.1) is 0 Å². The summed E-state index contributed by atoms with van der Waals surface area (Å²) < 4.78 is 6.07. The Kier molecular flexibility index (Phi) is 4.82. The lowest BCUT2D eigenvalue weighted by molar-refractivity contribution is 0.669. The minimum atomic E-state index is 0.889. The van der Waals surface area contributed by atoms with Crippen molar-refractivity contribution in [1.29, 1.82) is 0 Å². The summed E-state index contributed by atoms with van der Waals surface area (Å²) in [5.41, 5.74) is 8.68. The van der Waals surface area contributed by atoms with E-state index in [0.29, 0.717) is 0 Å². The summed E-state index contributed by atoms with van der Waals surface area (Å²) in [5, 5.41) is 8.37. The Bertz CT molecular complexity index is 1870. The number of furan rings is 1. The lowest BCUT2D eigenvalue weighted by atomic mass is 9.95. The Labute approximate surface area is 209 Å². The molecule has 7 aromatic rings. The van der Waals surface area contributed by atoms with Crippen LogP contribution in [-0.2, 0) is 0 Å². The third-order valence-electron chi connectivity index (χ3n) is 6.83. The number of rotatable bonds is 4. The minimum Gasteiger partial charge on any atom is -0.456 e. The van der Waals surface area contributed by atoms with Crippen molar-refractivity contribution in [2.24, 2.45) is 0 Å². The van der Waals surface area contributed by atoms with Crippen molar-refractivity contribution in [2.45, 2.75) is 0 Å². The standard InChI is InChI=1S/C34H23NO/c1-2-14-29-23(8-1)9-7-16-30(29)26-12-5-10-24(20-26)25-11-6-13-27(21-25)35-28-18-19-32-31-15-3-4-17-33(31)36-34(32)22-28/h1-22,35H. The molecule has 1 N–H and O–H groups in total. The lowest BCUT2D eigenvalue weighted by Gasteiger charge is -2.11. The molecule has 0 aliphatic heterocycles. The molecule has 0 spiro atoms. The van der Waals surface area contributed by atoms with Crippen LogP contribution in [0.15, 0.2) is 138 Å². The van der Waals surface area contributed by atoms with Crippen LogP contribution in [0.4, 0.5) is 11.4 Å². The fourth-order valence-corrected chi connectivity index (χ4v) is 5.09. The maximum Gasteiger partial charge on any atom is 0.137 e. The molecule has 0 bridgehead atoms. The van der Waals surface area contributed by atoms with Crippen LogP contribution in [0.3, 0.4) is 0 Å². The molecule has 0 atom stereocenters. The van der Waals surface area contributed by atoms with Crippen molar-refractivity contribution in [2.75, 3.05) is 5.32 Å². The minimum absolute atomic E-state index is 0.889. The Hall–Kier alpha value is -4.82. The van der Waals surface area contributed by atoms with E-state index in [2.05, 4.69) is 121 Å². The number of hydrogen-bond acceptors (Lipinski definition) is 2. The largest absolute Gasteiger partial charge is 0.456 e. The molecule has 0 radical (unpaired) electrons. The molecule has 2 heteroatoms. The molecule has 170 valence electrons. The molecule has 0 fully saturated rings. The van der Waals surface area contributed by atoms with Gasteiger partial charge in [-0.1, -0.05) is 91.0 Å². The van der Waals surface area contributed by atoms with Gasteiger partial charge >= 0.3 is 0 Å². The Morgan fingerprint density at radius 2 is 1.08 bits per heavy atom. The Balaban J connectivity index is 1.22. The van der Waals surface area contributed by atoms with E-state index in [1.54, 1.807) is 0 Å². The lowest BCUT2D eigenvalue weighted by Crippen LogP contribution is -1.90. The van der Waals surface area contributed by atoms with Crippen LogP contribution in [-0.4, -0.2) is 0 Å². The normalized spacial score (nSPS) is 11.3. The van der Waals surface area contributed by atoms with E-state index in [4.69, 9.17) is 4.42 Å². The van der Waals surface area contributed by atoms with Gasteiger partial charge in [0, 0.05) is 28.2 Å². The molecule has 2 nitrogen and oxygen atoms in total. The average Bonchev–Trinajstić information content (AvgIpc) is 3.31. The summed E-state index contributed by atoms with van der Waals surface area (Å²) in [6.45, 7) is 0. The monoisotopic (exact) mass is 461 g/mol. The van der Waals surface area contributed by atoms with Crippen LogP contribution in [0.5, 0.6) is 0 Å². The molecule has 1 aromatic heterocycles. The van der Waals surface area contributed by atoms with E-state index in [-0.39, 0.29) is 0 Å². The van der Waals surface area contributed by atoms with Crippen molar-refractivity contribution in [3.05, 3.63) is 133 Å².